The smallest absolute Gasteiger partial charge is 0.271 e. The maximum Gasteiger partial charge on any atom is 0.271 e. The van der Waals surface area contributed by atoms with Crippen LogP contribution in [0.25, 0.3) is 45.1 Å². The van der Waals surface area contributed by atoms with E-state index in [9.17, 15) is 14.9 Å². The van der Waals surface area contributed by atoms with Crippen LogP contribution in [0.2, 0.25) is 0 Å². The number of nitrogens with zero attached hydrogens (tertiary/aromatic N) is 5. The summed E-state index contributed by atoms with van der Waals surface area (Å²) in [5.74, 6) is 0.376. The first-order valence-electron chi connectivity index (χ1n) is 18.7. The summed E-state index contributed by atoms with van der Waals surface area (Å²) in [6.45, 7) is 6.71. The highest BCUT2D eigenvalue weighted by atomic mass is 32.1. The van der Waals surface area contributed by atoms with Crippen LogP contribution >= 0.6 is 11.3 Å². The van der Waals surface area contributed by atoms with Crippen LogP contribution in [0.15, 0.2) is 148 Å². The first-order valence-corrected chi connectivity index (χ1v) is 19.5. The van der Waals surface area contributed by atoms with Gasteiger partial charge >= 0.3 is 0 Å². The van der Waals surface area contributed by atoms with E-state index in [4.69, 9.17) is 9.73 Å². The minimum atomic E-state index is -0.823. The largest absolute Gasteiger partial charge is 0.496 e. The summed E-state index contributed by atoms with van der Waals surface area (Å²) in [6, 6.07) is 39.2. The van der Waals surface area contributed by atoms with Crippen molar-refractivity contribution in [1.82, 2.24) is 14.0 Å². The molecule has 1 aliphatic heterocycles. The van der Waals surface area contributed by atoms with Crippen LogP contribution in [0.5, 0.6) is 5.75 Å². The van der Waals surface area contributed by atoms with Gasteiger partial charge in [-0.25, -0.2) is 4.99 Å². The first-order chi connectivity index (χ1) is 27.7. The zero-order chi connectivity index (χ0) is 39.8. The van der Waals surface area contributed by atoms with E-state index in [0.717, 1.165) is 44.5 Å². The Kier molecular flexibility index (Phi) is 9.99. The van der Waals surface area contributed by atoms with Crippen molar-refractivity contribution in [1.29, 1.82) is 0 Å². The topological polar surface area (TPSA) is 112 Å². The van der Waals surface area contributed by atoms with E-state index in [0.29, 0.717) is 45.0 Å². The van der Waals surface area contributed by atoms with E-state index in [1.165, 1.54) is 23.5 Å². The number of carbonyl (C=O) groups excluding carboxylic acids is 1. The molecule has 0 bridgehead atoms. The second-order valence-electron chi connectivity index (χ2n) is 13.6. The summed E-state index contributed by atoms with van der Waals surface area (Å²) in [6.07, 6.45) is 1.89. The van der Waals surface area contributed by atoms with Crippen LogP contribution in [-0.4, -0.2) is 45.1 Å². The molecule has 57 heavy (non-hydrogen) atoms. The molecule has 1 aliphatic rings. The van der Waals surface area contributed by atoms with Gasteiger partial charge in [0, 0.05) is 42.0 Å². The van der Waals surface area contributed by atoms with E-state index < -0.39 is 11.0 Å². The molecule has 0 N–H and O–H groups in total. The van der Waals surface area contributed by atoms with Gasteiger partial charge in [-0.05, 0) is 73.0 Å². The molecule has 1 atom stereocenters. The molecule has 284 valence electrons. The van der Waals surface area contributed by atoms with Crippen molar-refractivity contribution in [2.45, 2.75) is 26.8 Å². The SMILES string of the molecule is CCN(CC)C(=O)C1=C(C)N=c2s/c(=C/c3cc(-c4ccccc4)n(-c4ccc([N+](=O)[O-])cc4)c3-c3ccccc3)c(=O)n2[C@@H]1c1c(OC)ccc2ccccc12. The molecule has 10 nitrogen and oxygen atoms in total. The molecule has 0 saturated carbocycles. The van der Waals surface area contributed by atoms with Crippen LogP contribution in [0.3, 0.4) is 0 Å². The quantitative estimate of drug-likeness (QED) is 0.103. The summed E-state index contributed by atoms with van der Waals surface area (Å²) >= 11 is 1.27. The molecule has 0 unspecified atom stereocenters. The summed E-state index contributed by atoms with van der Waals surface area (Å²) in [4.78, 5) is 48.0. The second kappa shape index (κ2) is 15.4. The van der Waals surface area contributed by atoms with E-state index in [-0.39, 0.29) is 17.2 Å². The molecule has 8 rings (SSSR count). The highest BCUT2D eigenvalue weighted by Gasteiger charge is 2.37. The zero-order valence-corrected chi connectivity index (χ0v) is 32.7. The summed E-state index contributed by atoms with van der Waals surface area (Å²) in [7, 11) is 1.60. The van der Waals surface area contributed by atoms with Gasteiger partial charge in [0.05, 0.1) is 39.2 Å². The monoisotopic (exact) mass is 773 g/mol. The lowest BCUT2D eigenvalue weighted by Gasteiger charge is -2.30. The minimum Gasteiger partial charge on any atom is -0.496 e. The predicted octanol–water partition coefficient (Wildman–Crippen LogP) is 8.30. The van der Waals surface area contributed by atoms with E-state index in [2.05, 4.69) is 4.57 Å². The van der Waals surface area contributed by atoms with Crippen LogP contribution < -0.4 is 19.6 Å². The van der Waals surface area contributed by atoms with Gasteiger partial charge in [-0.2, -0.15) is 0 Å². The number of non-ortho nitro benzene ring substituents is 1. The van der Waals surface area contributed by atoms with Crippen LogP contribution in [0.4, 0.5) is 5.69 Å². The molecule has 3 heterocycles. The van der Waals surface area contributed by atoms with Crippen molar-refractivity contribution in [3.05, 3.63) is 180 Å². The Morgan fingerprint density at radius 3 is 2.19 bits per heavy atom. The van der Waals surface area contributed by atoms with Gasteiger partial charge in [-0.3, -0.25) is 24.3 Å². The number of fused-ring (bicyclic) bond motifs is 2. The Hall–Kier alpha value is -6.85. The van der Waals surface area contributed by atoms with Crippen molar-refractivity contribution >= 4 is 39.8 Å². The zero-order valence-electron chi connectivity index (χ0n) is 31.9. The second-order valence-corrected chi connectivity index (χ2v) is 14.6. The number of aromatic nitrogens is 2. The number of carbonyl (C=O) groups is 1. The molecule has 2 aromatic heterocycles. The van der Waals surface area contributed by atoms with Crippen molar-refractivity contribution in [2.75, 3.05) is 20.2 Å². The van der Waals surface area contributed by atoms with E-state index >= 15 is 4.79 Å². The fraction of sp³-hybridized carbons (Fsp3) is 0.152. The van der Waals surface area contributed by atoms with Gasteiger partial charge in [0.15, 0.2) is 4.80 Å². The van der Waals surface area contributed by atoms with Gasteiger partial charge in [-0.1, -0.05) is 102 Å². The van der Waals surface area contributed by atoms with Gasteiger partial charge < -0.3 is 14.2 Å². The summed E-state index contributed by atoms with van der Waals surface area (Å²) < 4.78 is 10.1. The van der Waals surface area contributed by atoms with Gasteiger partial charge in [0.25, 0.3) is 17.2 Å². The lowest BCUT2D eigenvalue weighted by Crippen LogP contribution is -2.43. The Bertz CT molecular complexity index is 2890. The number of methoxy groups -OCH3 is 1. The highest BCUT2D eigenvalue weighted by molar-refractivity contribution is 7.07. The number of hydrogen-bond donors (Lipinski definition) is 0. The van der Waals surface area contributed by atoms with Crippen LogP contribution in [0.1, 0.15) is 37.9 Å². The fourth-order valence-electron chi connectivity index (χ4n) is 7.77. The molecule has 0 fully saturated rings. The summed E-state index contributed by atoms with van der Waals surface area (Å²) in [5, 5.41) is 13.5. The van der Waals surface area contributed by atoms with Crippen molar-refractivity contribution in [3.8, 4) is 34.0 Å². The molecule has 0 spiro atoms. The number of rotatable bonds is 10. The standard InChI is InChI=1S/C46H39N5O5S/c1-5-48(6-2)45(53)40-29(3)47-46-50(43(40)41-36-20-14-13-15-30(36)21-26-38(41)56-4)44(52)39(57-46)28-33-27-37(31-16-9-7-10-17-31)49(42(33)32-18-11-8-12-19-32)34-22-24-35(25-23-34)51(54)55/h7-28,43H,5-6H2,1-4H3/b39-28+/t43-/m0/s1. The van der Waals surface area contributed by atoms with Crippen LogP contribution in [-0.2, 0) is 4.79 Å². The first kappa shape index (κ1) is 37.1. The molecular formula is C46H39N5O5S. The maximum absolute atomic E-state index is 15.1. The van der Waals surface area contributed by atoms with Crippen LogP contribution in [0, 0.1) is 10.1 Å². The number of hydrogen-bond acceptors (Lipinski definition) is 7. The predicted molar refractivity (Wildman–Crippen MR) is 225 cm³/mol. The number of ether oxygens (including phenoxy) is 1. The number of likely N-dealkylation sites (N-methyl/N-ethyl adjacent to an activating group) is 1. The maximum atomic E-state index is 15.1. The third-order valence-corrected chi connectivity index (χ3v) is 11.5. The molecule has 5 aromatic carbocycles. The van der Waals surface area contributed by atoms with E-state index in [1.54, 1.807) is 28.7 Å². The molecule has 0 aliphatic carbocycles. The molecule has 11 heteroatoms. The number of nitro groups is 1. The fourth-order valence-corrected chi connectivity index (χ4v) is 8.81. The van der Waals surface area contributed by atoms with Crippen molar-refractivity contribution in [3.63, 3.8) is 0 Å². The Labute approximate surface area is 332 Å². The molecule has 7 aromatic rings. The van der Waals surface area contributed by atoms with Gasteiger partial charge in [-0.15, -0.1) is 0 Å². The normalized spacial score (nSPS) is 14.0. The number of amides is 1. The Morgan fingerprint density at radius 2 is 1.54 bits per heavy atom. The number of nitro benzene ring substituents is 1. The number of benzene rings is 5. The lowest BCUT2D eigenvalue weighted by atomic mass is 9.90. The third kappa shape index (κ3) is 6.55. The molecule has 0 saturated heterocycles. The molecule has 1 amide bonds. The third-order valence-electron chi connectivity index (χ3n) is 10.5. The van der Waals surface area contributed by atoms with Gasteiger partial charge in [0.1, 0.15) is 11.8 Å². The summed E-state index contributed by atoms with van der Waals surface area (Å²) in [5.41, 5.74) is 6.31. The minimum absolute atomic E-state index is 0.0127. The highest BCUT2D eigenvalue weighted by Crippen LogP contribution is 2.41. The average molecular weight is 774 g/mol. The lowest BCUT2D eigenvalue weighted by molar-refractivity contribution is -0.384. The Morgan fingerprint density at radius 1 is 0.895 bits per heavy atom. The van der Waals surface area contributed by atoms with Gasteiger partial charge in [0.2, 0.25) is 0 Å². The molecular weight excluding hydrogens is 735 g/mol. The van der Waals surface area contributed by atoms with Crippen molar-refractivity contribution in [2.24, 2.45) is 4.99 Å². The van der Waals surface area contributed by atoms with Crippen molar-refractivity contribution < 1.29 is 14.5 Å². The number of allylic oxidation sites excluding steroid dienone is 1. The average Bonchev–Trinajstić information content (AvgIpc) is 3.77. The Balaban J connectivity index is 1.43. The molecule has 0 radical (unpaired) electrons. The van der Waals surface area contributed by atoms with E-state index in [1.807, 2.05) is 130 Å². The number of thiazole rings is 1.